The Bertz CT molecular complexity index is 1260. The summed E-state index contributed by atoms with van der Waals surface area (Å²) in [5.41, 5.74) is 13.4. The number of rotatable bonds is 2. The quantitative estimate of drug-likeness (QED) is 0.219. The molecule has 4 aromatic carbocycles. The average molecular weight is 748 g/mol. The van der Waals surface area contributed by atoms with E-state index in [0.717, 1.165) is 0 Å². The van der Waals surface area contributed by atoms with E-state index >= 15 is 0 Å². The number of benzene rings is 4. The molecule has 4 aromatic rings. The minimum Gasteiger partial charge on any atom is -1.00 e. The van der Waals surface area contributed by atoms with Crippen LogP contribution in [-0.4, -0.2) is 16.1 Å². The molecule has 0 bridgehead atoms. The van der Waals surface area contributed by atoms with Crippen LogP contribution in [-0.2, 0) is 25.8 Å². The van der Waals surface area contributed by atoms with Crippen molar-refractivity contribution in [2.45, 2.75) is 61.2 Å². The third-order valence-corrected chi connectivity index (χ3v) is 19.8. The molecule has 0 spiro atoms. The first-order valence-electron chi connectivity index (χ1n) is 13.8. The molecule has 8 rings (SSSR count). The predicted octanol–water partition coefficient (Wildman–Crippen LogP) is 3.25. The minimum atomic E-state index is -1.10. The molecule has 2 heterocycles. The Morgan fingerprint density at radius 3 is 1.26 bits per heavy atom. The second kappa shape index (κ2) is 11.9. The van der Waals surface area contributed by atoms with Crippen LogP contribution >= 0.6 is 0 Å². The SMILES string of the molecule is C[Si]1(C2c3[c-]cccc3-c3ccccc32)CCC1.C[Si]1(C2c3[c-]cccc3-c3ccccc32)CCC1.[Cl-].[Cl-].[Hf+4]. The second-order valence-corrected chi connectivity index (χ2v) is 21.8. The van der Waals surface area contributed by atoms with Crippen LogP contribution in [0.15, 0.2) is 84.9 Å². The monoisotopic (exact) mass is 748 g/mol. The number of fused-ring (bicyclic) bond motifs is 6. The summed E-state index contributed by atoms with van der Waals surface area (Å²) in [6.07, 6.45) is 2.90. The van der Waals surface area contributed by atoms with Gasteiger partial charge in [-0.15, -0.1) is 22.3 Å². The molecule has 196 valence electrons. The van der Waals surface area contributed by atoms with Gasteiger partial charge in [0.05, 0.1) is 16.1 Å². The van der Waals surface area contributed by atoms with Crippen molar-refractivity contribution in [3.63, 3.8) is 0 Å². The van der Waals surface area contributed by atoms with E-state index in [0.29, 0.717) is 11.1 Å². The van der Waals surface area contributed by atoms with Crippen molar-refractivity contribution in [1.82, 2.24) is 0 Å². The smallest absolute Gasteiger partial charge is 1.00 e. The summed E-state index contributed by atoms with van der Waals surface area (Å²) in [5, 5.41) is 0. The van der Waals surface area contributed by atoms with E-state index in [2.05, 4.69) is 110 Å². The van der Waals surface area contributed by atoms with Gasteiger partial charge in [-0.05, 0) is 22.2 Å². The zero-order valence-corrected chi connectivity index (χ0v) is 29.8. The predicted molar refractivity (Wildman–Crippen MR) is 157 cm³/mol. The molecule has 0 saturated carbocycles. The molecule has 2 unspecified atom stereocenters. The minimum absolute atomic E-state index is 0. The zero-order chi connectivity index (χ0) is 24.3. The first-order valence-corrected chi connectivity index (χ1v) is 19.8. The molecule has 0 amide bonds. The molecule has 2 aliphatic carbocycles. The first kappa shape index (κ1) is 30.7. The topological polar surface area (TPSA) is 0 Å². The molecule has 2 atom stereocenters. The number of hydrogen-bond acceptors (Lipinski definition) is 0. The molecule has 2 fully saturated rings. The summed E-state index contributed by atoms with van der Waals surface area (Å²) in [7, 11) is -2.19. The summed E-state index contributed by atoms with van der Waals surface area (Å²) in [4.78, 5) is 0. The van der Waals surface area contributed by atoms with Gasteiger partial charge in [0.15, 0.2) is 0 Å². The van der Waals surface area contributed by atoms with Crippen molar-refractivity contribution in [2.75, 3.05) is 0 Å². The molecule has 0 N–H and O–H groups in total. The van der Waals surface area contributed by atoms with E-state index in [1.54, 1.807) is 11.1 Å². The molecule has 2 saturated heterocycles. The molecule has 2 aliphatic heterocycles. The van der Waals surface area contributed by atoms with Gasteiger partial charge in [0, 0.05) is 0 Å². The average Bonchev–Trinajstić information content (AvgIpc) is 3.40. The van der Waals surface area contributed by atoms with Crippen LogP contribution < -0.4 is 24.8 Å². The van der Waals surface area contributed by atoms with Crippen LogP contribution in [0.5, 0.6) is 0 Å². The molecule has 39 heavy (non-hydrogen) atoms. The Morgan fingerprint density at radius 2 is 0.897 bits per heavy atom. The van der Waals surface area contributed by atoms with E-state index in [4.69, 9.17) is 0 Å². The fourth-order valence-corrected chi connectivity index (χ4v) is 15.6. The van der Waals surface area contributed by atoms with Gasteiger partial charge in [0.1, 0.15) is 0 Å². The van der Waals surface area contributed by atoms with Crippen molar-refractivity contribution in [2.24, 2.45) is 0 Å². The van der Waals surface area contributed by atoms with Crippen molar-refractivity contribution >= 4 is 16.1 Å². The van der Waals surface area contributed by atoms with Gasteiger partial charge >= 0.3 is 25.8 Å². The van der Waals surface area contributed by atoms with Crippen LogP contribution in [0, 0.1) is 12.1 Å². The Morgan fingerprint density at radius 1 is 0.538 bits per heavy atom. The van der Waals surface area contributed by atoms with Crippen LogP contribution in [0.2, 0.25) is 37.3 Å². The summed E-state index contributed by atoms with van der Waals surface area (Å²) >= 11 is 0. The van der Waals surface area contributed by atoms with Gasteiger partial charge in [-0.25, -0.2) is 0 Å². The van der Waals surface area contributed by atoms with E-state index in [9.17, 15) is 0 Å². The van der Waals surface area contributed by atoms with Crippen LogP contribution in [0.25, 0.3) is 22.3 Å². The van der Waals surface area contributed by atoms with E-state index in [-0.39, 0.29) is 50.7 Å². The normalized spacial score (nSPS) is 21.3. The molecule has 5 heteroatoms. The van der Waals surface area contributed by atoms with E-state index < -0.39 is 16.1 Å². The largest absolute Gasteiger partial charge is 4.00 e. The molecular formula is C34H34Cl2HfSi2. The summed E-state index contributed by atoms with van der Waals surface area (Å²) in [6.45, 7) is 5.18. The van der Waals surface area contributed by atoms with Gasteiger partial charge in [-0.2, -0.15) is 48.5 Å². The van der Waals surface area contributed by atoms with Crippen molar-refractivity contribution in [3.8, 4) is 22.3 Å². The van der Waals surface area contributed by atoms with Crippen molar-refractivity contribution in [1.29, 1.82) is 0 Å². The van der Waals surface area contributed by atoms with Crippen molar-refractivity contribution in [3.05, 3.63) is 119 Å². The summed E-state index contributed by atoms with van der Waals surface area (Å²) in [6, 6.07) is 44.1. The standard InChI is InChI=1S/2C17H17Si.2ClH.Hf/c2*1-18(11-6-12-18)17-15-9-4-2-7-13(15)14-8-3-5-10-16(14)17;;;/h2*2-5,7-9,17H,6,11-12H2,1H3;2*1H;/q2*-1;;;+4/p-2. The maximum atomic E-state index is 3.55. The third kappa shape index (κ3) is 4.95. The summed E-state index contributed by atoms with van der Waals surface area (Å²) < 4.78 is 0. The Kier molecular flexibility index (Phi) is 9.40. The third-order valence-electron chi connectivity index (χ3n) is 9.86. The molecule has 0 nitrogen and oxygen atoms in total. The van der Waals surface area contributed by atoms with Crippen molar-refractivity contribution < 1.29 is 50.7 Å². The fourth-order valence-electron chi connectivity index (χ4n) is 7.64. The molecule has 0 aromatic heterocycles. The first-order chi connectivity index (χ1) is 17.6. The number of hydrogen-bond donors (Lipinski definition) is 0. The molecular weight excluding hydrogens is 714 g/mol. The van der Waals surface area contributed by atoms with Gasteiger partial charge < -0.3 is 24.8 Å². The zero-order valence-electron chi connectivity index (χ0n) is 22.7. The second-order valence-electron chi connectivity index (χ2n) is 12.1. The summed E-state index contributed by atoms with van der Waals surface area (Å²) in [5.74, 6) is 0. The van der Waals surface area contributed by atoms with Gasteiger partial charge in [0.25, 0.3) is 0 Å². The van der Waals surface area contributed by atoms with Gasteiger partial charge in [0.2, 0.25) is 0 Å². The fraction of sp³-hybridized carbons (Fsp3) is 0.294. The Hall–Kier alpha value is -1.24. The Balaban J connectivity index is 0.000000168. The maximum absolute atomic E-state index is 3.55. The molecule has 0 radical (unpaired) electrons. The van der Waals surface area contributed by atoms with Crippen LogP contribution in [0.4, 0.5) is 0 Å². The molecule has 4 aliphatic rings. The van der Waals surface area contributed by atoms with Gasteiger partial charge in [-0.3, -0.25) is 0 Å². The number of halogens is 2. The van der Waals surface area contributed by atoms with Crippen LogP contribution in [0.3, 0.4) is 0 Å². The maximum Gasteiger partial charge on any atom is 4.00 e. The van der Waals surface area contributed by atoms with Gasteiger partial charge in [-0.1, -0.05) is 110 Å². The Labute approximate surface area is 267 Å². The van der Waals surface area contributed by atoms with E-state index in [1.807, 2.05) is 0 Å². The van der Waals surface area contributed by atoms with E-state index in [1.165, 1.54) is 70.4 Å². The van der Waals surface area contributed by atoms with Crippen LogP contribution in [0.1, 0.15) is 46.2 Å².